The summed E-state index contributed by atoms with van der Waals surface area (Å²) in [5.74, 6) is -0.483. The number of piperazine rings is 3. The van der Waals surface area contributed by atoms with Crippen molar-refractivity contribution in [3.8, 4) is 11.5 Å². The van der Waals surface area contributed by atoms with Crippen molar-refractivity contribution in [3.63, 3.8) is 0 Å². The molecule has 7 aromatic rings. The van der Waals surface area contributed by atoms with Crippen LogP contribution in [0.5, 0.6) is 11.5 Å². The van der Waals surface area contributed by atoms with Gasteiger partial charge in [0.1, 0.15) is 11.5 Å². The van der Waals surface area contributed by atoms with E-state index in [0.29, 0.717) is 132 Å². The van der Waals surface area contributed by atoms with Crippen molar-refractivity contribution >= 4 is 88.3 Å². The lowest BCUT2D eigenvalue weighted by atomic mass is 10.1. The molecule has 29 heteroatoms. The van der Waals surface area contributed by atoms with E-state index in [-0.39, 0.29) is 53.6 Å². The number of nitrogens with two attached hydrogens (primary N) is 2. The summed E-state index contributed by atoms with van der Waals surface area (Å²) in [5, 5.41) is 7.61. The molecule has 3 saturated heterocycles. The van der Waals surface area contributed by atoms with Crippen LogP contribution in [0.2, 0.25) is 0 Å². The zero-order valence-electron chi connectivity index (χ0n) is 53.2. The molecule has 5 heterocycles. The van der Waals surface area contributed by atoms with Gasteiger partial charge in [-0.05, 0) is 80.6 Å². The van der Waals surface area contributed by atoms with Crippen LogP contribution >= 0.6 is 24.0 Å². The standard InChI is InChI=1S/C20H24FN5O3.C20H22FN3O4.C13H18FN3O2.C7H5ClO2.C6H8N2.ClH/c1-14-6-7-16(12-22-14)23-19(27)24-17-5-3-4-15(18(17)21)13-25-8-10-26(11-9-25)20(28)29-2;1-27-20(26)24-12-10-23(11-13-24)14-15-6-5-9-17(18(15)21)22-19(25)28-16-7-3-2-4-8-16;1-19-13(18)17-7-5-16(6-8-17)9-10-3-2-4-11(15)12(10)14;8-7(9)10-6-4-2-1-3-5-6;1-5-2-3-6(7)4-8-5;/h3-7,12H,8-11,13H2,1-2H3,(H2,23,24,27);2-9H,10-14H2,1H3,(H,22,25);2-4H,5-9,15H2,1H3;1-5H;2-4H,7H2,1H3;1H. The molecule has 5 aromatic carbocycles. The van der Waals surface area contributed by atoms with Gasteiger partial charge in [-0.2, -0.15) is 0 Å². The molecular weight excluding hydrogens is 1280 g/mol. The Balaban J connectivity index is 0.000000229. The lowest BCUT2D eigenvalue weighted by Crippen LogP contribution is -2.48. The summed E-state index contributed by atoms with van der Waals surface area (Å²) in [6.45, 7) is 12.2. The molecule has 3 aliphatic rings. The number of nitrogen functional groups attached to an aromatic ring is 2. The fourth-order valence-corrected chi connectivity index (χ4v) is 9.40. The number of pyridine rings is 2. The van der Waals surface area contributed by atoms with Gasteiger partial charge in [-0.3, -0.25) is 30.0 Å². The number of rotatable bonds is 11. The summed E-state index contributed by atoms with van der Waals surface area (Å²) >= 11 is 4.95. The number of amides is 6. The number of nitrogens with zero attached hydrogens (tertiary/aromatic N) is 8. The number of aromatic nitrogens is 2. The minimum absolute atomic E-state index is 0. The van der Waals surface area contributed by atoms with Crippen molar-refractivity contribution in [3.05, 3.63) is 197 Å². The van der Waals surface area contributed by atoms with Crippen LogP contribution in [-0.2, 0) is 33.8 Å². The van der Waals surface area contributed by atoms with E-state index >= 15 is 0 Å². The number of ether oxygens (including phenoxy) is 5. The average molecular weight is 1360 g/mol. The van der Waals surface area contributed by atoms with Gasteiger partial charge in [-0.15, -0.1) is 12.4 Å². The number of hydrogen-bond donors (Lipinski definition) is 5. The maximum atomic E-state index is 14.9. The van der Waals surface area contributed by atoms with Crippen molar-refractivity contribution < 1.29 is 65.6 Å². The number of nitrogens with one attached hydrogen (secondary N) is 3. The Kier molecular flexibility index (Phi) is 31.6. The Labute approximate surface area is 560 Å². The van der Waals surface area contributed by atoms with E-state index in [2.05, 4.69) is 45.2 Å². The Morgan fingerprint density at radius 1 is 0.463 bits per heavy atom. The van der Waals surface area contributed by atoms with Crippen LogP contribution in [-0.4, -0.2) is 175 Å². The van der Waals surface area contributed by atoms with Crippen LogP contribution in [0.1, 0.15) is 28.1 Å². The predicted molar refractivity (Wildman–Crippen MR) is 358 cm³/mol. The fourth-order valence-electron chi connectivity index (χ4n) is 9.31. The van der Waals surface area contributed by atoms with E-state index < -0.39 is 29.2 Å². The average Bonchev–Trinajstić information content (AvgIpc) is 3.83. The maximum absolute atomic E-state index is 14.9. The van der Waals surface area contributed by atoms with E-state index in [1.807, 2.05) is 36.9 Å². The van der Waals surface area contributed by atoms with Crippen molar-refractivity contribution in [2.45, 2.75) is 33.5 Å². The third kappa shape index (κ3) is 25.8. The number of carbonyl (C=O) groups excluding carboxylic acids is 6. The first kappa shape index (κ1) is 75.8. The molecule has 0 bridgehead atoms. The van der Waals surface area contributed by atoms with Gasteiger partial charge < -0.3 is 60.5 Å². The van der Waals surface area contributed by atoms with Gasteiger partial charge in [0, 0.05) is 138 Å². The number of halogens is 5. The highest BCUT2D eigenvalue weighted by Gasteiger charge is 2.26. The molecule has 6 amide bonds. The second kappa shape index (κ2) is 39.6. The number of aryl methyl sites for hydroxylation is 2. The molecule has 0 aliphatic carbocycles. The summed E-state index contributed by atoms with van der Waals surface area (Å²) < 4.78 is 67.2. The van der Waals surface area contributed by atoms with Gasteiger partial charge in [0.15, 0.2) is 17.5 Å². The van der Waals surface area contributed by atoms with E-state index in [4.69, 9.17) is 37.3 Å². The topological polar surface area (TPSA) is 282 Å². The Morgan fingerprint density at radius 2 is 0.853 bits per heavy atom. The van der Waals surface area contributed by atoms with Crippen LogP contribution in [0.3, 0.4) is 0 Å². The molecule has 0 atom stereocenters. The maximum Gasteiger partial charge on any atom is 0.417 e. The summed E-state index contributed by atoms with van der Waals surface area (Å²) in [6.07, 6.45) is 1.42. The first-order valence-electron chi connectivity index (χ1n) is 29.6. The minimum Gasteiger partial charge on any atom is -0.453 e. The van der Waals surface area contributed by atoms with E-state index in [9.17, 15) is 41.9 Å². The van der Waals surface area contributed by atoms with Crippen LogP contribution in [0, 0.1) is 31.3 Å². The molecule has 0 unspecified atom stereocenters. The van der Waals surface area contributed by atoms with Crippen LogP contribution < -0.4 is 36.9 Å². The van der Waals surface area contributed by atoms with E-state index in [1.165, 1.54) is 39.7 Å². The summed E-state index contributed by atoms with van der Waals surface area (Å²) in [5.41, 5.74) is 15.0. The Hall–Kier alpha value is -9.93. The zero-order valence-corrected chi connectivity index (χ0v) is 54.8. The van der Waals surface area contributed by atoms with Gasteiger partial charge in [-0.25, -0.2) is 41.9 Å². The number of anilines is 5. The largest absolute Gasteiger partial charge is 0.453 e. The predicted octanol–water partition coefficient (Wildman–Crippen LogP) is 11.5. The highest BCUT2D eigenvalue weighted by Crippen LogP contribution is 2.24. The first-order chi connectivity index (χ1) is 45.2. The quantitative estimate of drug-likeness (QED) is 0.0457. The van der Waals surface area contributed by atoms with Gasteiger partial charge in [-0.1, -0.05) is 72.8 Å². The SMILES string of the molecule is COC(=O)N1CCN(Cc2cccc(N)c2F)CC1.COC(=O)N1CCN(Cc2cccc(NC(=O)Nc3ccc(C)nc3)c2F)CC1.COC(=O)N1CCN(Cc2cccc(NC(=O)Oc3ccccc3)c2F)CC1.Cc1ccc(N)cn1.Cl.O=C(Cl)Oc1ccccc1. The normalized spacial score (nSPS) is 13.6. The second-order valence-corrected chi connectivity index (χ2v) is 21.4. The Morgan fingerprint density at radius 3 is 1.23 bits per heavy atom. The molecule has 3 aliphatic heterocycles. The smallest absolute Gasteiger partial charge is 0.417 e. The number of benzene rings is 5. The molecule has 508 valence electrons. The second-order valence-electron chi connectivity index (χ2n) is 21.1. The minimum atomic E-state index is -0.814. The Bertz CT molecular complexity index is 3540. The van der Waals surface area contributed by atoms with Gasteiger partial charge in [0.2, 0.25) is 0 Å². The van der Waals surface area contributed by atoms with Crippen molar-refractivity contribution in [1.29, 1.82) is 0 Å². The zero-order chi connectivity index (χ0) is 67.9. The molecule has 2 aromatic heterocycles. The molecule has 10 rings (SSSR count). The van der Waals surface area contributed by atoms with Crippen LogP contribution in [0.15, 0.2) is 152 Å². The number of methoxy groups -OCH3 is 3. The van der Waals surface area contributed by atoms with Gasteiger partial charge in [0.25, 0.3) is 0 Å². The number of para-hydroxylation sites is 2. The van der Waals surface area contributed by atoms with Crippen LogP contribution in [0.4, 0.5) is 70.4 Å². The highest BCUT2D eigenvalue weighted by atomic mass is 35.5. The fraction of sp³-hybridized carbons (Fsp3) is 0.303. The highest BCUT2D eigenvalue weighted by molar-refractivity contribution is 6.61. The van der Waals surface area contributed by atoms with Crippen molar-refractivity contribution in [2.24, 2.45) is 0 Å². The molecular formula is C66H78Cl2F3N13O11. The van der Waals surface area contributed by atoms with E-state index in [1.54, 1.807) is 130 Å². The van der Waals surface area contributed by atoms with Crippen LogP contribution in [0.25, 0.3) is 0 Å². The summed E-state index contributed by atoms with van der Waals surface area (Å²) in [4.78, 5) is 87.9. The summed E-state index contributed by atoms with van der Waals surface area (Å²) in [7, 11) is 4.08. The lowest BCUT2D eigenvalue weighted by molar-refractivity contribution is 0.0880. The number of urea groups is 1. The molecule has 24 nitrogen and oxygen atoms in total. The summed E-state index contributed by atoms with van der Waals surface area (Å²) in [6, 6.07) is 38.7. The third-order valence-electron chi connectivity index (χ3n) is 14.3. The van der Waals surface area contributed by atoms with Gasteiger partial charge in [0.05, 0.1) is 62.2 Å². The molecule has 0 spiro atoms. The number of hydrogen-bond acceptors (Lipinski definition) is 18. The van der Waals surface area contributed by atoms with Crippen molar-refractivity contribution in [1.82, 2.24) is 39.4 Å². The number of carbonyl (C=O) groups is 6. The van der Waals surface area contributed by atoms with Gasteiger partial charge >= 0.3 is 35.8 Å². The first-order valence-corrected chi connectivity index (χ1v) is 30.0. The molecule has 7 N–H and O–H groups in total. The lowest BCUT2D eigenvalue weighted by Gasteiger charge is -2.33. The molecule has 95 heavy (non-hydrogen) atoms. The van der Waals surface area contributed by atoms with Crippen molar-refractivity contribution in [2.75, 3.05) is 127 Å². The molecule has 0 saturated carbocycles. The molecule has 0 radical (unpaired) electrons. The molecule has 3 fully saturated rings. The monoisotopic (exact) mass is 1360 g/mol. The van der Waals surface area contributed by atoms with E-state index in [0.717, 1.165) is 17.1 Å². The third-order valence-corrected chi connectivity index (χ3v) is 14.4.